The Morgan fingerprint density at radius 2 is 2.35 bits per heavy atom. The third-order valence-corrected chi connectivity index (χ3v) is 2.56. The summed E-state index contributed by atoms with van der Waals surface area (Å²) >= 11 is 0. The monoisotopic (exact) mass is 230 g/mol. The molecule has 0 spiro atoms. The van der Waals surface area contributed by atoms with Crippen LogP contribution in [-0.2, 0) is 6.54 Å². The minimum absolute atomic E-state index is 0.397. The molecule has 3 nitrogen and oxygen atoms in total. The van der Waals surface area contributed by atoms with E-state index in [1.807, 2.05) is 18.2 Å². The van der Waals surface area contributed by atoms with E-state index in [4.69, 9.17) is 10.00 Å². The van der Waals surface area contributed by atoms with Gasteiger partial charge in [-0.25, -0.2) is 0 Å². The molecule has 0 aliphatic rings. The van der Waals surface area contributed by atoms with Gasteiger partial charge in [-0.2, -0.15) is 5.26 Å². The first-order valence-corrected chi connectivity index (χ1v) is 5.62. The SMILES string of the molecule is C=CCC(C)NCc1ccc(C#N)c(OC)c1. The average molecular weight is 230 g/mol. The van der Waals surface area contributed by atoms with E-state index in [0.29, 0.717) is 17.4 Å². The van der Waals surface area contributed by atoms with Crippen molar-refractivity contribution in [2.24, 2.45) is 0 Å². The molecule has 17 heavy (non-hydrogen) atoms. The Morgan fingerprint density at radius 3 is 2.94 bits per heavy atom. The normalized spacial score (nSPS) is 11.6. The first-order chi connectivity index (χ1) is 8.21. The van der Waals surface area contributed by atoms with E-state index in [0.717, 1.165) is 18.5 Å². The zero-order valence-electron chi connectivity index (χ0n) is 10.4. The van der Waals surface area contributed by atoms with Gasteiger partial charge in [0.1, 0.15) is 11.8 Å². The number of nitriles is 1. The number of hydrogen-bond donors (Lipinski definition) is 1. The van der Waals surface area contributed by atoms with Crippen molar-refractivity contribution in [1.82, 2.24) is 5.32 Å². The van der Waals surface area contributed by atoms with E-state index in [1.54, 1.807) is 13.2 Å². The zero-order valence-corrected chi connectivity index (χ0v) is 10.4. The second-order valence-corrected chi connectivity index (χ2v) is 3.95. The summed E-state index contributed by atoms with van der Waals surface area (Å²) in [7, 11) is 1.58. The van der Waals surface area contributed by atoms with Crippen molar-refractivity contribution in [2.45, 2.75) is 25.9 Å². The van der Waals surface area contributed by atoms with Gasteiger partial charge in [-0.05, 0) is 31.0 Å². The van der Waals surface area contributed by atoms with Crippen molar-refractivity contribution in [3.05, 3.63) is 42.0 Å². The maximum atomic E-state index is 8.87. The molecule has 1 unspecified atom stereocenters. The lowest BCUT2D eigenvalue weighted by Crippen LogP contribution is -2.24. The molecular weight excluding hydrogens is 212 g/mol. The van der Waals surface area contributed by atoms with Crippen molar-refractivity contribution < 1.29 is 4.74 Å². The van der Waals surface area contributed by atoms with E-state index in [9.17, 15) is 0 Å². The lowest BCUT2D eigenvalue weighted by atomic mass is 10.1. The van der Waals surface area contributed by atoms with Gasteiger partial charge in [-0.15, -0.1) is 6.58 Å². The molecule has 1 atom stereocenters. The summed E-state index contributed by atoms with van der Waals surface area (Å²) in [6.45, 7) is 6.58. The highest BCUT2D eigenvalue weighted by molar-refractivity contribution is 5.45. The van der Waals surface area contributed by atoms with Crippen LogP contribution in [0.25, 0.3) is 0 Å². The molecular formula is C14H18N2O. The van der Waals surface area contributed by atoms with Gasteiger partial charge in [-0.1, -0.05) is 12.1 Å². The number of ether oxygens (including phenoxy) is 1. The molecule has 1 N–H and O–H groups in total. The highest BCUT2D eigenvalue weighted by Crippen LogP contribution is 2.19. The van der Waals surface area contributed by atoms with Crippen LogP contribution in [0.1, 0.15) is 24.5 Å². The van der Waals surface area contributed by atoms with Crippen molar-refractivity contribution in [3.63, 3.8) is 0 Å². The molecule has 0 aliphatic carbocycles. The average Bonchev–Trinajstić information content (AvgIpc) is 2.36. The van der Waals surface area contributed by atoms with Gasteiger partial charge >= 0.3 is 0 Å². The Hall–Kier alpha value is -1.79. The number of methoxy groups -OCH3 is 1. The molecule has 1 aromatic rings. The van der Waals surface area contributed by atoms with Crippen molar-refractivity contribution in [1.29, 1.82) is 5.26 Å². The summed E-state index contributed by atoms with van der Waals surface area (Å²) < 4.78 is 5.16. The molecule has 1 rings (SSSR count). The summed E-state index contributed by atoms with van der Waals surface area (Å²) in [6.07, 6.45) is 2.84. The van der Waals surface area contributed by atoms with Crippen LogP contribution in [0.5, 0.6) is 5.75 Å². The third-order valence-electron chi connectivity index (χ3n) is 2.56. The summed E-state index contributed by atoms with van der Waals surface area (Å²) in [5.74, 6) is 0.628. The van der Waals surface area contributed by atoms with Crippen LogP contribution in [0.2, 0.25) is 0 Å². The summed E-state index contributed by atoms with van der Waals surface area (Å²) in [4.78, 5) is 0. The molecule has 0 saturated carbocycles. The second-order valence-electron chi connectivity index (χ2n) is 3.95. The van der Waals surface area contributed by atoms with Crippen LogP contribution < -0.4 is 10.1 Å². The Morgan fingerprint density at radius 1 is 1.59 bits per heavy atom. The number of hydrogen-bond acceptors (Lipinski definition) is 3. The van der Waals surface area contributed by atoms with E-state index >= 15 is 0 Å². The van der Waals surface area contributed by atoms with Gasteiger partial charge in [0, 0.05) is 12.6 Å². The van der Waals surface area contributed by atoms with Gasteiger partial charge in [0.15, 0.2) is 0 Å². The summed E-state index contributed by atoms with van der Waals surface area (Å²) in [6, 6.07) is 8.12. The van der Waals surface area contributed by atoms with Gasteiger partial charge in [-0.3, -0.25) is 0 Å². The van der Waals surface area contributed by atoms with Crippen molar-refractivity contribution in [3.8, 4) is 11.8 Å². The van der Waals surface area contributed by atoms with E-state index in [1.165, 1.54) is 0 Å². The molecule has 0 saturated heterocycles. The van der Waals surface area contributed by atoms with Gasteiger partial charge in [0.25, 0.3) is 0 Å². The Balaban J connectivity index is 2.67. The lowest BCUT2D eigenvalue weighted by Gasteiger charge is -2.12. The van der Waals surface area contributed by atoms with Crippen molar-refractivity contribution in [2.75, 3.05) is 7.11 Å². The molecule has 90 valence electrons. The fourth-order valence-electron chi connectivity index (χ4n) is 1.56. The van der Waals surface area contributed by atoms with E-state index in [2.05, 4.69) is 24.9 Å². The number of rotatable bonds is 6. The number of nitrogens with one attached hydrogen (secondary N) is 1. The fraction of sp³-hybridized carbons (Fsp3) is 0.357. The van der Waals surface area contributed by atoms with Gasteiger partial charge in [0.05, 0.1) is 12.7 Å². The van der Waals surface area contributed by atoms with E-state index in [-0.39, 0.29) is 0 Å². The standard InChI is InChI=1S/C14H18N2O/c1-4-5-11(2)16-10-12-6-7-13(9-15)14(8-12)17-3/h4,6-8,11,16H,1,5,10H2,2-3H3. The third kappa shape index (κ3) is 3.93. The first-order valence-electron chi connectivity index (χ1n) is 5.62. The highest BCUT2D eigenvalue weighted by atomic mass is 16.5. The summed E-state index contributed by atoms with van der Waals surface area (Å²) in [5.41, 5.74) is 1.67. The Labute approximate surface area is 103 Å². The van der Waals surface area contributed by atoms with Crippen LogP contribution in [0.4, 0.5) is 0 Å². The quantitative estimate of drug-likeness (QED) is 0.764. The van der Waals surface area contributed by atoms with Crippen LogP contribution in [0.15, 0.2) is 30.9 Å². The number of nitrogens with zero attached hydrogens (tertiary/aromatic N) is 1. The molecule has 0 bridgehead atoms. The van der Waals surface area contributed by atoms with Crippen molar-refractivity contribution >= 4 is 0 Å². The minimum atomic E-state index is 0.397. The topological polar surface area (TPSA) is 45.0 Å². The van der Waals surface area contributed by atoms with E-state index < -0.39 is 0 Å². The highest BCUT2D eigenvalue weighted by Gasteiger charge is 2.04. The predicted octanol–water partition coefficient (Wildman–Crippen LogP) is 2.62. The molecule has 0 aliphatic heterocycles. The minimum Gasteiger partial charge on any atom is -0.495 e. The molecule has 0 heterocycles. The van der Waals surface area contributed by atoms with Gasteiger partial charge in [0.2, 0.25) is 0 Å². The number of benzene rings is 1. The second kappa shape index (κ2) is 6.72. The van der Waals surface area contributed by atoms with Gasteiger partial charge < -0.3 is 10.1 Å². The Kier molecular flexibility index (Phi) is 5.25. The largest absolute Gasteiger partial charge is 0.495 e. The first kappa shape index (κ1) is 13.3. The lowest BCUT2D eigenvalue weighted by molar-refractivity contribution is 0.412. The molecule has 0 amide bonds. The molecule has 0 aromatic heterocycles. The van der Waals surface area contributed by atoms with Crippen LogP contribution in [0, 0.1) is 11.3 Å². The maximum absolute atomic E-state index is 8.87. The fourth-order valence-corrected chi connectivity index (χ4v) is 1.56. The maximum Gasteiger partial charge on any atom is 0.136 e. The van der Waals surface area contributed by atoms with Crippen LogP contribution in [-0.4, -0.2) is 13.2 Å². The molecule has 1 aromatic carbocycles. The van der Waals surface area contributed by atoms with Crippen LogP contribution in [0.3, 0.4) is 0 Å². The molecule has 0 fully saturated rings. The predicted molar refractivity (Wildman–Crippen MR) is 68.8 cm³/mol. The molecule has 3 heteroatoms. The Bertz CT molecular complexity index is 421. The smallest absolute Gasteiger partial charge is 0.136 e. The molecule has 0 radical (unpaired) electrons. The van der Waals surface area contributed by atoms with Crippen LogP contribution >= 0.6 is 0 Å². The zero-order chi connectivity index (χ0) is 12.7. The summed E-state index contributed by atoms with van der Waals surface area (Å²) in [5, 5.41) is 12.3.